The first-order valence-corrected chi connectivity index (χ1v) is 11.3. The smallest absolute Gasteiger partial charge is 0.419 e. The van der Waals surface area contributed by atoms with Crippen molar-refractivity contribution in [3.63, 3.8) is 0 Å². The lowest BCUT2D eigenvalue weighted by atomic mass is 9.97. The normalized spacial score (nSPS) is 18.9. The molecule has 6 nitrogen and oxygen atoms in total. The number of aryl methyl sites for hydroxylation is 1. The molecule has 2 atom stereocenters. The molecule has 39 heavy (non-hydrogen) atoms. The van der Waals surface area contributed by atoms with Crippen LogP contribution in [0.1, 0.15) is 77.8 Å². The van der Waals surface area contributed by atoms with E-state index in [0.29, 0.717) is 17.0 Å². The van der Waals surface area contributed by atoms with E-state index in [2.05, 4.69) is 4.98 Å². The molecule has 1 fully saturated rings. The summed E-state index contributed by atoms with van der Waals surface area (Å²) in [6, 6.07) is -0.628. The minimum Gasteiger partial charge on any atom is -0.456 e. The van der Waals surface area contributed by atoms with Gasteiger partial charge in [0.15, 0.2) is 0 Å². The first kappa shape index (κ1) is 30.2. The second-order valence-corrected chi connectivity index (χ2v) is 9.99. The highest BCUT2D eigenvalue weighted by Crippen LogP contribution is 2.42. The molecule has 1 saturated heterocycles. The van der Waals surface area contributed by atoms with Gasteiger partial charge in [0.25, 0.3) is 0 Å². The summed E-state index contributed by atoms with van der Waals surface area (Å²) in [5.74, 6) is -1.28. The Kier molecular flexibility index (Phi) is 7.47. The fourth-order valence-electron chi connectivity index (χ4n) is 4.18. The second kappa shape index (κ2) is 9.66. The van der Waals surface area contributed by atoms with Crippen molar-refractivity contribution in [2.24, 2.45) is 0 Å². The molecule has 0 bridgehead atoms. The third-order valence-electron chi connectivity index (χ3n) is 5.81. The number of benzene rings is 1. The molecule has 1 amide bonds. The molecule has 216 valence electrons. The highest BCUT2D eigenvalue weighted by molar-refractivity contribution is 5.93. The van der Waals surface area contributed by atoms with E-state index in [1.165, 1.54) is 34.6 Å². The molecule has 3 rings (SSSR count). The van der Waals surface area contributed by atoms with Crippen molar-refractivity contribution in [2.75, 3.05) is 0 Å². The van der Waals surface area contributed by atoms with Crippen LogP contribution < -0.4 is 0 Å². The van der Waals surface area contributed by atoms with E-state index >= 15 is 0 Å². The van der Waals surface area contributed by atoms with Gasteiger partial charge in [-0.1, -0.05) is 0 Å². The second-order valence-electron chi connectivity index (χ2n) is 9.99. The monoisotopic (exact) mass is 574 g/mol. The molecule has 1 aliphatic heterocycles. The highest BCUT2D eigenvalue weighted by Gasteiger charge is 2.46. The number of amides is 1. The van der Waals surface area contributed by atoms with Crippen LogP contribution in [0.25, 0.3) is 0 Å². The van der Waals surface area contributed by atoms with Crippen molar-refractivity contribution in [3.8, 4) is 0 Å². The van der Waals surface area contributed by atoms with E-state index in [1.54, 1.807) is 0 Å². The number of halogens is 9. The lowest BCUT2D eigenvalue weighted by Gasteiger charge is -2.23. The summed E-state index contributed by atoms with van der Waals surface area (Å²) in [7, 11) is 0. The predicted octanol–water partition coefficient (Wildman–Crippen LogP) is 7.42. The quantitative estimate of drug-likeness (QED) is 0.305. The summed E-state index contributed by atoms with van der Waals surface area (Å²) in [6.45, 7) is 5.86. The summed E-state index contributed by atoms with van der Waals surface area (Å²) >= 11 is 0. The Labute approximate surface area is 216 Å². The third kappa shape index (κ3) is 6.44. The number of cyclic esters (lactones) is 1. The van der Waals surface area contributed by atoms with Gasteiger partial charge in [0, 0.05) is 11.4 Å². The summed E-state index contributed by atoms with van der Waals surface area (Å²) in [4.78, 5) is 28.2. The van der Waals surface area contributed by atoms with Gasteiger partial charge in [-0.15, -0.1) is 0 Å². The number of hydrogen-bond acceptors (Lipinski definition) is 4. The van der Waals surface area contributed by atoms with Crippen molar-refractivity contribution < 1.29 is 58.6 Å². The Morgan fingerprint density at radius 2 is 1.46 bits per heavy atom. The molecule has 15 heteroatoms. The van der Waals surface area contributed by atoms with Crippen LogP contribution in [-0.4, -0.2) is 33.6 Å². The molecule has 1 aromatic heterocycles. The van der Waals surface area contributed by atoms with Crippen LogP contribution in [0.15, 0.2) is 18.2 Å². The lowest BCUT2D eigenvalue weighted by Crippen LogP contribution is -2.32. The average molecular weight is 574 g/mol. The number of rotatable bonds is 4. The highest BCUT2D eigenvalue weighted by atomic mass is 19.4. The zero-order chi connectivity index (χ0) is 29.9. The Bertz CT molecular complexity index is 1240. The zero-order valence-electron chi connectivity index (χ0n) is 21.1. The molecule has 1 aromatic carbocycles. The maximum Gasteiger partial charge on any atom is 0.419 e. The molecule has 1 N–H and O–H groups in total. The predicted molar refractivity (Wildman–Crippen MR) is 116 cm³/mol. The van der Waals surface area contributed by atoms with E-state index in [0.717, 1.165) is 0 Å². The van der Waals surface area contributed by atoms with Crippen LogP contribution in [0.5, 0.6) is 0 Å². The number of nitrogens with zero attached hydrogens (tertiary/aromatic N) is 1. The molecule has 2 aromatic rings. The van der Waals surface area contributed by atoms with E-state index in [-0.39, 0.29) is 11.8 Å². The Hall–Kier alpha value is -3.39. The minimum absolute atomic E-state index is 0.0990. The number of aromatic amines is 1. The topological polar surface area (TPSA) is 71.6 Å². The van der Waals surface area contributed by atoms with Crippen LogP contribution in [0.2, 0.25) is 0 Å². The molecule has 2 heterocycles. The average Bonchev–Trinajstić information content (AvgIpc) is 3.22. The van der Waals surface area contributed by atoms with Crippen LogP contribution in [0.4, 0.5) is 44.3 Å². The van der Waals surface area contributed by atoms with Gasteiger partial charge < -0.3 is 14.5 Å². The van der Waals surface area contributed by atoms with Gasteiger partial charge in [0.1, 0.15) is 11.7 Å². The van der Waals surface area contributed by atoms with Crippen LogP contribution in [0, 0.1) is 6.92 Å². The van der Waals surface area contributed by atoms with Gasteiger partial charge in [0.2, 0.25) is 0 Å². The van der Waals surface area contributed by atoms with Gasteiger partial charge in [0.05, 0.1) is 34.8 Å². The Morgan fingerprint density at radius 3 is 1.90 bits per heavy atom. The van der Waals surface area contributed by atoms with Crippen LogP contribution in [0.3, 0.4) is 0 Å². The van der Waals surface area contributed by atoms with E-state index in [1.807, 2.05) is 0 Å². The van der Waals surface area contributed by atoms with Gasteiger partial charge in [-0.3, -0.25) is 4.90 Å². The first-order chi connectivity index (χ1) is 17.5. The number of hydrogen-bond donors (Lipinski definition) is 1. The lowest BCUT2D eigenvalue weighted by molar-refractivity contribution is -0.143. The van der Waals surface area contributed by atoms with Crippen LogP contribution >= 0.6 is 0 Å². The number of carbonyl (C=O) groups excluding carboxylic acids is 2. The number of ether oxygens (including phenoxy) is 2. The van der Waals surface area contributed by atoms with Crippen LogP contribution in [-0.2, 0) is 34.5 Å². The molecule has 0 radical (unpaired) electrons. The van der Waals surface area contributed by atoms with Gasteiger partial charge >= 0.3 is 30.6 Å². The van der Waals surface area contributed by atoms with Crippen molar-refractivity contribution >= 4 is 12.1 Å². The van der Waals surface area contributed by atoms with Gasteiger partial charge in [-0.2, -0.15) is 39.5 Å². The maximum atomic E-state index is 14.1. The van der Waals surface area contributed by atoms with Gasteiger partial charge in [-0.05, 0) is 58.4 Å². The molecule has 0 saturated carbocycles. The SMILES string of the molecule is Cc1[nH]c(CN2C(=O)O[C@@H](c3cc(C(F)(F)F)cc(C(F)(F)F)c3)[C@@H]2C)c(C(F)(F)F)c1C(=O)OC(C)(C)C. The summed E-state index contributed by atoms with van der Waals surface area (Å²) in [6.07, 6.45) is -18.4. The molecule has 0 unspecified atom stereocenters. The summed E-state index contributed by atoms with van der Waals surface area (Å²) < 4.78 is 132. The number of H-pyrrole nitrogens is 1. The number of carbonyl (C=O) groups is 2. The number of esters is 1. The summed E-state index contributed by atoms with van der Waals surface area (Å²) in [5, 5.41) is 0. The first-order valence-electron chi connectivity index (χ1n) is 11.3. The van der Waals surface area contributed by atoms with Crippen molar-refractivity contribution in [3.05, 3.63) is 57.4 Å². The fraction of sp³-hybridized carbons (Fsp3) is 0.500. The standard InChI is InChI=1S/C24H23F9N2O4/c1-10-16(19(36)39-21(3,4)5)17(24(31,32)33)15(34-10)9-35-11(2)18(38-20(35)37)12-6-13(22(25,26)27)8-14(7-12)23(28,29)30/h6-8,11,18,34H,9H2,1-5H3/t11-,18+/m0/s1. The Morgan fingerprint density at radius 1 is 0.949 bits per heavy atom. The molecule has 0 spiro atoms. The summed E-state index contributed by atoms with van der Waals surface area (Å²) in [5.41, 5.74) is -8.18. The van der Waals surface area contributed by atoms with E-state index < -0.39 is 88.4 Å². The zero-order valence-corrected chi connectivity index (χ0v) is 21.1. The fourth-order valence-corrected chi connectivity index (χ4v) is 4.18. The molecular weight excluding hydrogens is 551 g/mol. The molecule has 0 aliphatic carbocycles. The number of aromatic nitrogens is 1. The largest absolute Gasteiger partial charge is 0.456 e. The van der Waals surface area contributed by atoms with E-state index in [4.69, 9.17) is 9.47 Å². The van der Waals surface area contributed by atoms with Crippen molar-refractivity contribution in [1.82, 2.24) is 9.88 Å². The van der Waals surface area contributed by atoms with Crippen molar-refractivity contribution in [2.45, 2.75) is 77.4 Å². The van der Waals surface area contributed by atoms with Gasteiger partial charge in [-0.25, -0.2) is 9.59 Å². The number of alkyl halides is 9. The molecular formula is C24H23F9N2O4. The van der Waals surface area contributed by atoms with E-state index in [9.17, 15) is 49.1 Å². The minimum atomic E-state index is -5.16. The third-order valence-corrected chi connectivity index (χ3v) is 5.81. The Balaban J connectivity index is 2.02. The maximum absolute atomic E-state index is 14.1. The molecule has 1 aliphatic rings. The van der Waals surface area contributed by atoms with Crippen molar-refractivity contribution in [1.29, 1.82) is 0 Å². The number of nitrogens with one attached hydrogen (secondary N) is 1.